The Morgan fingerprint density at radius 2 is 1.62 bits per heavy atom. The minimum atomic E-state index is -3.37. The summed E-state index contributed by atoms with van der Waals surface area (Å²) in [5.41, 5.74) is 0. The van der Waals surface area contributed by atoms with E-state index in [2.05, 4.69) is 19.1 Å². The molecule has 2 aliphatic heterocycles. The van der Waals surface area contributed by atoms with Crippen LogP contribution >= 0.6 is 0 Å². The highest BCUT2D eigenvalue weighted by Gasteiger charge is 2.42. The molecule has 0 aromatic heterocycles. The van der Waals surface area contributed by atoms with Crippen LogP contribution in [-0.4, -0.2) is 65.1 Å². The minimum absolute atomic E-state index is 0.0192. The van der Waals surface area contributed by atoms with Gasteiger partial charge in [0.1, 0.15) is 5.78 Å². The number of ketones is 1. The first kappa shape index (κ1) is 33.7. The summed E-state index contributed by atoms with van der Waals surface area (Å²) < 4.78 is 51.6. The number of carbonyl (C=O) groups excluding carboxylic acids is 1. The van der Waals surface area contributed by atoms with Gasteiger partial charge in [0.05, 0.1) is 25.1 Å². The van der Waals surface area contributed by atoms with Crippen LogP contribution < -0.4 is 0 Å². The van der Waals surface area contributed by atoms with Crippen LogP contribution in [-0.2, 0) is 38.0 Å². The Morgan fingerprint density at radius 3 is 2.30 bits per heavy atom. The lowest BCUT2D eigenvalue weighted by atomic mass is 9.88. The lowest BCUT2D eigenvalue weighted by Gasteiger charge is -2.29. The van der Waals surface area contributed by atoms with Gasteiger partial charge in [-0.15, -0.1) is 0 Å². The molecule has 9 heteroatoms. The minimum Gasteiger partial charge on any atom is -0.353 e. The van der Waals surface area contributed by atoms with E-state index in [1.165, 1.54) is 6.42 Å². The van der Waals surface area contributed by atoms with Crippen molar-refractivity contribution in [3.8, 4) is 0 Å². The standard InChI is InChI=1S/C31H54O8S/c1-3-4-8-15-25(38-30-17-10-13-21-35-30)19-20-27-26(16-9-6-5-7-12-23-37-40(2,33)34)28(32)24-29(27)39-31-18-11-14-22-36-31/h19-20,25-27,29-31H,3-18,21-24H2,1-2H3/b20-19+/t25-,26-,27-,29-,30?,31?/m1/s1. The van der Waals surface area contributed by atoms with Crippen LogP contribution in [0.5, 0.6) is 0 Å². The van der Waals surface area contributed by atoms with Crippen molar-refractivity contribution in [3.63, 3.8) is 0 Å². The van der Waals surface area contributed by atoms with E-state index in [-0.39, 0.29) is 49.0 Å². The highest BCUT2D eigenvalue weighted by molar-refractivity contribution is 7.85. The molecule has 2 heterocycles. The van der Waals surface area contributed by atoms with Crippen molar-refractivity contribution in [2.45, 2.75) is 141 Å². The van der Waals surface area contributed by atoms with E-state index in [1.807, 2.05) is 0 Å². The molecule has 3 aliphatic rings. The van der Waals surface area contributed by atoms with Crippen molar-refractivity contribution in [2.75, 3.05) is 26.1 Å². The van der Waals surface area contributed by atoms with Gasteiger partial charge in [0.2, 0.25) is 0 Å². The van der Waals surface area contributed by atoms with Gasteiger partial charge in [-0.3, -0.25) is 8.98 Å². The van der Waals surface area contributed by atoms with Gasteiger partial charge >= 0.3 is 0 Å². The molecule has 232 valence electrons. The van der Waals surface area contributed by atoms with Crippen LogP contribution in [0.25, 0.3) is 0 Å². The number of Topliss-reactive ketones (excluding diaryl/α,β-unsaturated/α-hetero) is 1. The Hall–Kier alpha value is -0.840. The number of unbranched alkanes of at least 4 members (excludes halogenated alkanes) is 6. The fourth-order valence-electron chi connectivity index (χ4n) is 6.00. The van der Waals surface area contributed by atoms with Crippen molar-refractivity contribution in [3.05, 3.63) is 12.2 Å². The Bertz CT molecular complexity index is 832. The summed E-state index contributed by atoms with van der Waals surface area (Å²) in [5, 5.41) is 0. The van der Waals surface area contributed by atoms with Crippen LogP contribution in [0.1, 0.15) is 116 Å². The van der Waals surface area contributed by atoms with Crippen molar-refractivity contribution < 1.29 is 36.3 Å². The largest absolute Gasteiger partial charge is 0.353 e. The highest BCUT2D eigenvalue weighted by atomic mass is 32.2. The number of hydrogen-bond acceptors (Lipinski definition) is 8. The summed E-state index contributed by atoms with van der Waals surface area (Å²) >= 11 is 0. The predicted octanol–water partition coefficient (Wildman–Crippen LogP) is 6.47. The molecule has 0 radical (unpaired) electrons. The van der Waals surface area contributed by atoms with E-state index in [1.54, 1.807) is 0 Å². The number of rotatable bonds is 19. The zero-order valence-electron chi connectivity index (χ0n) is 24.9. The molecule has 6 atom stereocenters. The van der Waals surface area contributed by atoms with Gasteiger partial charge in [0.25, 0.3) is 10.1 Å². The lowest BCUT2D eigenvalue weighted by Crippen LogP contribution is -2.31. The van der Waals surface area contributed by atoms with Gasteiger partial charge in [-0.1, -0.05) is 64.0 Å². The molecule has 1 aliphatic carbocycles. The fraction of sp³-hybridized carbons (Fsp3) is 0.903. The molecule has 3 rings (SSSR count). The van der Waals surface area contributed by atoms with Crippen LogP contribution in [0, 0.1) is 11.8 Å². The lowest BCUT2D eigenvalue weighted by molar-refractivity contribution is -0.192. The zero-order valence-corrected chi connectivity index (χ0v) is 25.8. The molecule has 1 saturated carbocycles. The molecule has 0 spiro atoms. The first-order valence-corrected chi connectivity index (χ1v) is 17.8. The third kappa shape index (κ3) is 13.0. The van der Waals surface area contributed by atoms with Gasteiger partial charge in [-0.2, -0.15) is 8.42 Å². The summed E-state index contributed by atoms with van der Waals surface area (Å²) in [7, 11) is -3.37. The third-order valence-corrected chi connectivity index (χ3v) is 8.83. The molecular weight excluding hydrogens is 532 g/mol. The number of hydrogen-bond donors (Lipinski definition) is 0. The van der Waals surface area contributed by atoms with E-state index in [4.69, 9.17) is 23.1 Å². The quantitative estimate of drug-likeness (QED) is 0.0965. The normalized spacial score (nSPS) is 28.9. The van der Waals surface area contributed by atoms with Gasteiger partial charge in [-0.25, -0.2) is 0 Å². The summed E-state index contributed by atoms with van der Waals surface area (Å²) in [6, 6.07) is 0. The SMILES string of the molecule is CCCCC[C@H](/C=C/[C@H]1[C@H](OC2CCCCO2)CC(=O)[C@@H]1CCCCCCCOS(C)(=O)=O)OC1CCCCO1. The first-order valence-electron chi connectivity index (χ1n) is 15.9. The zero-order chi connectivity index (χ0) is 28.6. The smallest absolute Gasteiger partial charge is 0.264 e. The molecule has 0 aromatic rings. The average Bonchev–Trinajstić information content (AvgIpc) is 3.22. The second-order valence-electron chi connectivity index (χ2n) is 11.8. The van der Waals surface area contributed by atoms with E-state index in [0.717, 1.165) is 116 Å². The van der Waals surface area contributed by atoms with Crippen LogP contribution in [0.3, 0.4) is 0 Å². The topological polar surface area (TPSA) is 97.4 Å². The Kier molecular flexibility index (Phi) is 15.7. The van der Waals surface area contributed by atoms with Crippen LogP contribution in [0.15, 0.2) is 12.2 Å². The van der Waals surface area contributed by atoms with Gasteiger partial charge in [0.15, 0.2) is 12.6 Å². The van der Waals surface area contributed by atoms with E-state index >= 15 is 0 Å². The Morgan fingerprint density at radius 1 is 0.925 bits per heavy atom. The molecule has 0 bridgehead atoms. The van der Waals surface area contributed by atoms with E-state index in [9.17, 15) is 13.2 Å². The molecule has 3 fully saturated rings. The molecule has 2 unspecified atom stereocenters. The van der Waals surface area contributed by atoms with Crippen molar-refractivity contribution in [1.29, 1.82) is 0 Å². The second-order valence-corrected chi connectivity index (χ2v) is 13.4. The first-order chi connectivity index (χ1) is 19.4. The second kappa shape index (κ2) is 18.6. The summed E-state index contributed by atoms with van der Waals surface area (Å²) in [6.07, 6.45) is 21.5. The molecule has 0 N–H and O–H groups in total. The van der Waals surface area contributed by atoms with Crippen LogP contribution in [0.4, 0.5) is 0 Å². The predicted molar refractivity (Wildman–Crippen MR) is 155 cm³/mol. The molecule has 2 saturated heterocycles. The fourth-order valence-corrected chi connectivity index (χ4v) is 6.42. The maximum Gasteiger partial charge on any atom is 0.264 e. The number of carbonyl (C=O) groups is 1. The number of ether oxygens (including phenoxy) is 4. The van der Waals surface area contributed by atoms with Crippen LogP contribution in [0.2, 0.25) is 0 Å². The Labute approximate surface area is 243 Å². The maximum absolute atomic E-state index is 13.2. The average molecular weight is 587 g/mol. The summed E-state index contributed by atoms with van der Waals surface area (Å²) in [6.45, 7) is 3.93. The van der Waals surface area contributed by atoms with E-state index in [0.29, 0.717) is 6.42 Å². The van der Waals surface area contributed by atoms with Crippen molar-refractivity contribution in [1.82, 2.24) is 0 Å². The van der Waals surface area contributed by atoms with Gasteiger partial charge in [0, 0.05) is 31.5 Å². The third-order valence-electron chi connectivity index (χ3n) is 8.24. The van der Waals surface area contributed by atoms with Gasteiger partial charge in [-0.05, 0) is 57.8 Å². The summed E-state index contributed by atoms with van der Waals surface area (Å²) in [5.74, 6) is 0.252. The molecule has 0 amide bonds. The molecular formula is C31H54O8S. The maximum atomic E-state index is 13.2. The molecule has 40 heavy (non-hydrogen) atoms. The molecule has 8 nitrogen and oxygen atoms in total. The summed E-state index contributed by atoms with van der Waals surface area (Å²) in [4.78, 5) is 13.2. The van der Waals surface area contributed by atoms with E-state index < -0.39 is 10.1 Å². The van der Waals surface area contributed by atoms with Gasteiger partial charge < -0.3 is 18.9 Å². The van der Waals surface area contributed by atoms with Crippen molar-refractivity contribution in [2.24, 2.45) is 11.8 Å². The monoisotopic (exact) mass is 586 g/mol. The highest BCUT2D eigenvalue weighted by Crippen LogP contribution is 2.38. The Balaban J connectivity index is 1.58. The molecule has 0 aromatic carbocycles. The van der Waals surface area contributed by atoms with Crippen molar-refractivity contribution >= 4 is 15.9 Å².